The van der Waals surface area contributed by atoms with E-state index in [1.165, 1.54) is 17.4 Å². The summed E-state index contributed by atoms with van der Waals surface area (Å²) in [6.07, 6.45) is 4.12. The maximum absolute atomic E-state index is 13.4. The summed E-state index contributed by atoms with van der Waals surface area (Å²) >= 11 is 0. The van der Waals surface area contributed by atoms with Crippen molar-refractivity contribution >= 4 is 29.1 Å². The normalized spacial score (nSPS) is 18.4. The molecule has 2 aliphatic rings. The van der Waals surface area contributed by atoms with E-state index in [1.54, 1.807) is 61.7 Å². The maximum Gasteiger partial charge on any atom is 0.308 e. The van der Waals surface area contributed by atoms with Crippen LogP contribution < -0.4 is 14.4 Å². The average Bonchev–Trinajstić information content (AvgIpc) is 3.18. The number of benzene rings is 3. The number of ether oxygens (including phenoxy) is 2. The van der Waals surface area contributed by atoms with Crippen LogP contribution in [0.5, 0.6) is 11.5 Å². The number of nitrogens with zero attached hydrogens (tertiary/aromatic N) is 1. The third-order valence-electron chi connectivity index (χ3n) is 6.87. The summed E-state index contributed by atoms with van der Waals surface area (Å²) in [7, 11) is 1.55. The molecule has 0 radical (unpaired) electrons. The minimum Gasteiger partial charge on any atom is -0.507 e. The third-order valence-corrected chi connectivity index (χ3v) is 6.87. The van der Waals surface area contributed by atoms with Crippen LogP contribution in [0, 0.1) is 0 Å². The molecule has 1 heterocycles. The molecule has 1 fully saturated rings. The first kappa shape index (κ1) is 24.3. The molecule has 0 spiro atoms. The molecule has 1 N–H and O–H groups in total. The molecule has 0 aromatic heterocycles. The fourth-order valence-electron chi connectivity index (χ4n) is 5.08. The number of fused-ring (bicyclic) bond motifs is 1. The Hall–Kier alpha value is -4.39. The molecule has 1 aliphatic heterocycles. The predicted octanol–water partition coefficient (Wildman–Crippen LogP) is 5.13. The number of amides is 1. The highest BCUT2D eigenvalue weighted by Crippen LogP contribution is 2.43. The van der Waals surface area contributed by atoms with E-state index in [1.807, 2.05) is 12.1 Å². The molecule has 0 saturated carbocycles. The molecule has 37 heavy (non-hydrogen) atoms. The van der Waals surface area contributed by atoms with Gasteiger partial charge in [0, 0.05) is 18.2 Å². The van der Waals surface area contributed by atoms with Crippen molar-refractivity contribution in [2.24, 2.45) is 0 Å². The highest BCUT2D eigenvalue weighted by Gasteiger charge is 2.47. The molecule has 1 amide bonds. The number of methoxy groups -OCH3 is 1. The lowest BCUT2D eigenvalue weighted by Gasteiger charge is -2.26. The van der Waals surface area contributed by atoms with Gasteiger partial charge in [0.05, 0.1) is 18.7 Å². The Bertz CT molecular complexity index is 1400. The lowest BCUT2D eigenvalue weighted by Crippen LogP contribution is -2.29. The molecule has 1 atom stereocenters. The summed E-state index contributed by atoms with van der Waals surface area (Å²) < 4.78 is 10.4. The van der Waals surface area contributed by atoms with Crippen molar-refractivity contribution in [1.82, 2.24) is 0 Å². The molecule has 7 heteroatoms. The molecule has 5 rings (SSSR count). The lowest BCUT2D eigenvalue weighted by atomic mass is 9.88. The fourth-order valence-corrected chi connectivity index (χ4v) is 5.08. The monoisotopic (exact) mass is 497 g/mol. The van der Waals surface area contributed by atoms with Crippen LogP contribution in [-0.4, -0.2) is 29.9 Å². The number of rotatable bonds is 5. The van der Waals surface area contributed by atoms with E-state index in [0.29, 0.717) is 28.3 Å². The van der Waals surface area contributed by atoms with Gasteiger partial charge in [-0.15, -0.1) is 0 Å². The van der Waals surface area contributed by atoms with Crippen molar-refractivity contribution in [2.45, 2.75) is 38.6 Å². The Morgan fingerprint density at radius 2 is 1.54 bits per heavy atom. The van der Waals surface area contributed by atoms with Crippen molar-refractivity contribution in [3.8, 4) is 11.5 Å². The number of aliphatic hydroxyl groups excluding tert-OH is 1. The van der Waals surface area contributed by atoms with Crippen LogP contribution in [0.25, 0.3) is 5.76 Å². The van der Waals surface area contributed by atoms with Crippen LogP contribution in [0.2, 0.25) is 0 Å². The number of aliphatic hydroxyl groups is 1. The molecule has 1 unspecified atom stereocenters. The zero-order chi connectivity index (χ0) is 26.1. The third kappa shape index (κ3) is 4.60. The van der Waals surface area contributed by atoms with Crippen LogP contribution in [0.3, 0.4) is 0 Å². The average molecular weight is 498 g/mol. The second kappa shape index (κ2) is 9.93. The van der Waals surface area contributed by atoms with Gasteiger partial charge in [0.2, 0.25) is 0 Å². The topological polar surface area (TPSA) is 93.1 Å². The molecule has 3 aromatic carbocycles. The number of aryl methyl sites for hydroxylation is 2. The van der Waals surface area contributed by atoms with Crippen LogP contribution in [-0.2, 0) is 27.2 Å². The van der Waals surface area contributed by atoms with E-state index < -0.39 is 23.7 Å². The van der Waals surface area contributed by atoms with Gasteiger partial charge in [-0.05, 0) is 84.8 Å². The van der Waals surface area contributed by atoms with Gasteiger partial charge in [0.25, 0.3) is 11.7 Å². The molecule has 7 nitrogen and oxygen atoms in total. The van der Waals surface area contributed by atoms with Gasteiger partial charge in [-0.2, -0.15) is 0 Å². The van der Waals surface area contributed by atoms with Gasteiger partial charge < -0.3 is 14.6 Å². The highest BCUT2D eigenvalue weighted by atomic mass is 16.5. The summed E-state index contributed by atoms with van der Waals surface area (Å²) in [5, 5.41) is 11.5. The zero-order valence-electron chi connectivity index (χ0n) is 20.7. The summed E-state index contributed by atoms with van der Waals surface area (Å²) in [6.45, 7) is 1.31. The van der Waals surface area contributed by atoms with E-state index >= 15 is 0 Å². The SMILES string of the molecule is COc1ccc(N2C(=O)C(=O)/C(=C(\O)c3ccc4c(c3)CCCC4)C2c2ccc(OC(C)=O)cc2)cc1. The van der Waals surface area contributed by atoms with E-state index in [9.17, 15) is 19.5 Å². The lowest BCUT2D eigenvalue weighted by molar-refractivity contribution is -0.132. The second-order valence-corrected chi connectivity index (χ2v) is 9.22. The molecular weight excluding hydrogens is 470 g/mol. The van der Waals surface area contributed by atoms with Crippen molar-refractivity contribution in [3.63, 3.8) is 0 Å². The fraction of sp³-hybridized carbons (Fsp3) is 0.233. The van der Waals surface area contributed by atoms with Crippen molar-refractivity contribution in [3.05, 3.63) is 94.6 Å². The second-order valence-electron chi connectivity index (χ2n) is 9.22. The summed E-state index contributed by atoms with van der Waals surface area (Å²) in [5.74, 6) is -1.22. The first-order valence-electron chi connectivity index (χ1n) is 12.2. The molecule has 1 saturated heterocycles. The molecule has 0 bridgehead atoms. The van der Waals surface area contributed by atoms with Crippen molar-refractivity contribution < 1.29 is 29.0 Å². The minimum atomic E-state index is -0.879. The van der Waals surface area contributed by atoms with E-state index in [0.717, 1.165) is 31.2 Å². The number of carbonyl (C=O) groups excluding carboxylic acids is 3. The largest absolute Gasteiger partial charge is 0.507 e. The summed E-state index contributed by atoms with van der Waals surface area (Å²) in [5.41, 5.74) is 4.00. The van der Waals surface area contributed by atoms with E-state index in [2.05, 4.69) is 0 Å². The number of Topliss-reactive ketones (excluding diaryl/α,β-unsaturated/α-hetero) is 1. The first-order chi connectivity index (χ1) is 17.9. The zero-order valence-corrected chi connectivity index (χ0v) is 20.7. The predicted molar refractivity (Wildman–Crippen MR) is 139 cm³/mol. The van der Waals surface area contributed by atoms with Crippen LogP contribution >= 0.6 is 0 Å². The highest BCUT2D eigenvalue weighted by molar-refractivity contribution is 6.51. The minimum absolute atomic E-state index is 0.0109. The molecule has 1 aliphatic carbocycles. The Labute approximate surface area is 214 Å². The Morgan fingerprint density at radius 1 is 0.892 bits per heavy atom. The molecular formula is C30H27NO6. The van der Waals surface area contributed by atoms with Gasteiger partial charge >= 0.3 is 5.97 Å². The number of esters is 1. The summed E-state index contributed by atoms with van der Waals surface area (Å²) in [6, 6.07) is 18.2. The number of carbonyl (C=O) groups is 3. The number of ketones is 1. The quantitative estimate of drug-likeness (QED) is 0.173. The van der Waals surface area contributed by atoms with Crippen molar-refractivity contribution in [2.75, 3.05) is 12.0 Å². The van der Waals surface area contributed by atoms with Gasteiger partial charge in [-0.3, -0.25) is 19.3 Å². The van der Waals surface area contributed by atoms with E-state index in [4.69, 9.17) is 9.47 Å². The summed E-state index contributed by atoms with van der Waals surface area (Å²) in [4.78, 5) is 39.5. The Kier molecular flexibility index (Phi) is 6.53. The molecule has 3 aromatic rings. The Morgan fingerprint density at radius 3 is 2.19 bits per heavy atom. The van der Waals surface area contributed by atoms with Crippen molar-refractivity contribution in [1.29, 1.82) is 0 Å². The van der Waals surface area contributed by atoms with Gasteiger partial charge in [-0.25, -0.2) is 0 Å². The smallest absolute Gasteiger partial charge is 0.308 e. The Balaban J connectivity index is 1.64. The van der Waals surface area contributed by atoms with Gasteiger partial charge in [-0.1, -0.05) is 24.3 Å². The van der Waals surface area contributed by atoms with Crippen LogP contribution in [0.4, 0.5) is 5.69 Å². The van der Waals surface area contributed by atoms with Crippen LogP contribution in [0.1, 0.15) is 48.1 Å². The standard InChI is InChI=1S/C30H27NO6/c1-18(32)37-25-13-9-20(10-14-25)27-26(28(33)22-8-7-19-5-3-4-6-21(19)17-22)29(34)30(35)31(27)23-11-15-24(36-2)16-12-23/h7-17,27,33H,3-6H2,1-2H3/b28-26-. The van der Waals surface area contributed by atoms with Gasteiger partial charge in [0.15, 0.2) is 0 Å². The first-order valence-corrected chi connectivity index (χ1v) is 12.2. The van der Waals surface area contributed by atoms with Crippen LogP contribution in [0.15, 0.2) is 72.3 Å². The molecule has 188 valence electrons. The number of anilines is 1. The van der Waals surface area contributed by atoms with Gasteiger partial charge in [0.1, 0.15) is 17.3 Å². The number of hydrogen-bond donors (Lipinski definition) is 1. The van der Waals surface area contributed by atoms with E-state index in [-0.39, 0.29) is 11.3 Å². The maximum atomic E-state index is 13.4. The number of hydrogen-bond acceptors (Lipinski definition) is 6.